The van der Waals surface area contributed by atoms with Crippen LogP contribution >= 0.6 is 21.6 Å². The Kier molecular flexibility index (Phi) is 5.51. The van der Waals surface area contributed by atoms with Crippen LogP contribution in [0.5, 0.6) is 0 Å². The smallest absolute Gasteiger partial charge is 0.293 e. The normalized spacial score (nSPS) is 18.9. The summed E-state index contributed by atoms with van der Waals surface area (Å²) >= 11 is 0. The van der Waals surface area contributed by atoms with Gasteiger partial charge in [0.1, 0.15) is 6.61 Å². The fourth-order valence-electron chi connectivity index (χ4n) is 2.12. The predicted octanol–water partition coefficient (Wildman–Crippen LogP) is 3.90. The highest BCUT2D eigenvalue weighted by atomic mass is 33.1. The monoisotopic (exact) mass is 262 g/mol. The van der Waals surface area contributed by atoms with Crippen LogP contribution in [0.3, 0.4) is 0 Å². The van der Waals surface area contributed by atoms with Crippen LogP contribution in [-0.2, 0) is 9.53 Å². The van der Waals surface area contributed by atoms with E-state index in [4.69, 9.17) is 0 Å². The fraction of sp³-hybridized carbons (Fsp3) is 0.917. The summed E-state index contributed by atoms with van der Waals surface area (Å²) in [6.07, 6.45) is 5.34. The summed E-state index contributed by atoms with van der Waals surface area (Å²) in [5, 5.41) is 0. The molecule has 0 bridgehead atoms. The molecule has 0 saturated heterocycles. The fourth-order valence-corrected chi connectivity index (χ4v) is 5.45. The van der Waals surface area contributed by atoms with Crippen molar-refractivity contribution >= 4 is 28.1 Å². The maximum absolute atomic E-state index is 9.98. The minimum atomic E-state index is 0.410. The first-order chi connectivity index (χ1) is 7.47. The molecular formula is C12H22O2S2. The van der Waals surface area contributed by atoms with Gasteiger partial charge in [0.25, 0.3) is 6.47 Å². The second-order valence-corrected chi connectivity index (χ2v) is 8.53. The molecule has 1 aliphatic rings. The molecule has 0 atom stereocenters. The van der Waals surface area contributed by atoms with Crippen molar-refractivity contribution in [1.82, 2.24) is 0 Å². The van der Waals surface area contributed by atoms with Gasteiger partial charge in [0.15, 0.2) is 0 Å². The molecule has 0 N–H and O–H groups in total. The third kappa shape index (κ3) is 5.00. The summed E-state index contributed by atoms with van der Waals surface area (Å²) in [6, 6.07) is 0. The lowest BCUT2D eigenvalue weighted by Crippen LogP contribution is -2.36. The zero-order valence-electron chi connectivity index (χ0n) is 10.5. The predicted molar refractivity (Wildman–Crippen MR) is 72.7 cm³/mol. The second-order valence-electron chi connectivity index (χ2n) is 5.65. The molecule has 0 heterocycles. The van der Waals surface area contributed by atoms with E-state index in [1.54, 1.807) is 0 Å². The summed E-state index contributed by atoms with van der Waals surface area (Å²) in [5.74, 6) is 0.898. The second kappa shape index (κ2) is 6.20. The molecule has 0 aromatic carbocycles. The minimum Gasteiger partial charge on any atom is -0.467 e. The highest BCUT2D eigenvalue weighted by Crippen LogP contribution is 2.54. The van der Waals surface area contributed by atoms with Crippen LogP contribution in [0.25, 0.3) is 0 Å². The van der Waals surface area contributed by atoms with Crippen molar-refractivity contribution in [3.8, 4) is 0 Å². The van der Waals surface area contributed by atoms with E-state index >= 15 is 0 Å². The van der Waals surface area contributed by atoms with Crippen LogP contribution in [-0.4, -0.2) is 23.6 Å². The molecule has 0 aromatic heterocycles. The zero-order valence-corrected chi connectivity index (χ0v) is 12.1. The lowest BCUT2D eigenvalue weighted by atomic mass is 9.73. The third-order valence-electron chi connectivity index (χ3n) is 2.71. The van der Waals surface area contributed by atoms with Crippen molar-refractivity contribution < 1.29 is 9.53 Å². The zero-order chi connectivity index (χ0) is 12.1. The van der Waals surface area contributed by atoms with Crippen molar-refractivity contribution in [3.05, 3.63) is 0 Å². The maximum atomic E-state index is 9.98. The Bertz CT molecular complexity index is 220. The highest BCUT2D eigenvalue weighted by Gasteiger charge is 2.40. The summed E-state index contributed by atoms with van der Waals surface area (Å²) in [5.41, 5.74) is 0.410. The number of ether oxygens (including phenoxy) is 1. The van der Waals surface area contributed by atoms with E-state index in [9.17, 15) is 4.79 Å². The standard InChI is InChI=1S/C12H22O2S2/c1-11(2,3)9-12(5-4-6-12)16-15-8-7-14-10-13/h10H,4-9H2,1-3H3. The van der Waals surface area contributed by atoms with Crippen molar-refractivity contribution in [1.29, 1.82) is 0 Å². The molecule has 1 rings (SSSR count). The van der Waals surface area contributed by atoms with Crippen LogP contribution in [0, 0.1) is 5.41 Å². The van der Waals surface area contributed by atoms with Crippen LogP contribution in [0.2, 0.25) is 0 Å². The highest BCUT2D eigenvalue weighted by molar-refractivity contribution is 8.77. The van der Waals surface area contributed by atoms with Gasteiger partial charge in [-0.2, -0.15) is 0 Å². The maximum Gasteiger partial charge on any atom is 0.293 e. The van der Waals surface area contributed by atoms with Gasteiger partial charge in [-0.15, -0.1) is 0 Å². The van der Waals surface area contributed by atoms with E-state index in [0.717, 1.165) is 5.75 Å². The van der Waals surface area contributed by atoms with Gasteiger partial charge < -0.3 is 4.74 Å². The molecular weight excluding hydrogens is 240 g/mol. The number of hydrogen-bond donors (Lipinski definition) is 0. The van der Waals surface area contributed by atoms with Gasteiger partial charge >= 0.3 is 0 Å². The van der Waals surface area contributed by atoms with Crippen molar-refractivity contribution in [2.75, 3.05) is 12.4 Å². The number of carbonyl (C=O) groups is 1. The Morgan fingerprint density at radius 1 is 1.38 bits per heavy atom. The Balaban J connectivity index is 2.23. The van der Waals surface area contributed by atoms with Crippen LogP contribution < -0.4 is 0 Å². The van der Waals surface area contributed by atoms with Gasteiger partial charge in [-0.25, -0.2) is 0 Å². The molecule has 0 unspecified atom stereocenters. The Hall–Kier alpha value is 0.170. The molecule has 4 heteroatoms. The van der Waals surface area contributed by atoms with E-state index in [0.29, 0.717) is 23.2 Å². The Morgan fingerprint density at radius 2 is 2.06 bits per heavy atom. The molecule has 1 saturated carbocycles. The van der Waals surface area contributed by atoms with E-state index in [1.807, 2.05) is 21.6 Å². The van der Waals surface area contributed by atoms with Crippen molar-refractivity contribution in [3.63, 3.8) is 0 Å². The Labute approximate surface area is 107 Å². The lowest BCUT2D eigenvalue weighted by Gasteiger charge is -2.44. The van der Waals surface area contributed by atoms with Gasteiger partial charge in [0.2, 0.25) is 0 Å². The van der Waals surface area contributed by atoms with Gasteiger partial charge in [-0.05, 0) is 24.7 Å². The quantitative estimate of drug-likeness (QED) is 0.395. The molecule has 1 fully saturated rings. The molecule has 1 aliphatic carbocycles. The minimum absolute atomic E-state index is 0.410. The summed E-state index contributed by atoms with van der Waals surface area (Å²) in [4.78, 5) is 9.98. The number of rotatable bonds is 7. The van der Waals surface area contributed by atoms with Gasteiger partial charge in [0, 0.05) is 10.5 Å². The van der Waals surface area contributed by atoms with Crippen molar-refractivity contribution in [2.45, 2.75) is 51.2 Å². The molecule has 16 heavy (non-hydrogen) atoms. The first-order valence-corrected chi connectivity index (χ1v) is 8.15. The molecule has 0 aromatic rings. The SMILES string of the molecule is CC(C)(C)CC1(SSCCOC=O)CCC1. The summed E-state index contributed by atoms with van der Waals surface area (Å²) in [7, 11) is 3.86. The van der Waals surface area contributed by atoms with Gasteiger partial charge in [-0.1, -0.05) is 48.8 Å². The van der Waals surface area contributed by atoms with E-state index in [-0.39, 0.29) is 0 Å². The topological polar surface area (TPSA) is 26.3 Å². The van der Waals surface area contributed by atoms with Crippen molar-refractivity contribution in [2.24, 2.45) is 5.41 Å². The molecule has 0 radical (unpaired) electrons. The van der Waals surface area contributed by atoms with Gasteiger partial charge in [-0.3, -0.25) is 4.79 Å². The van der Waals surface area contributed by atoms with Crippen LogP contribution in [0.4, 0.5) is 0 Å². The average Bonchev–Trinajstić information content (AvgIpc) is 2.11. The molecule has 0 spiro atoms. The molecule has 94 valence electrons. The summed E-state index contributed by atoms with van der Waals surface area (Å²) < 4.78 is 5.18. The lowest BCUT2D eigenvalue weighted by molar-refractivity contribution is -0.128. The molecule has 2 nitrogen and oxygen atoms in total. The van der Waals surface area contributed by atoms with Crippen LogP contribution in [0.1, 0.15) is 46.5 Å². The van der Waals surface area contributed by atoms with Crippen LogP contribution in [0.15, 0.2) is 0 Å². The van der Waals surface area contributed by atoms with E-state index in [1.165, 1.54) is 25.7 Å². The number of hydrogen-bond acceptors (Lipinski definition) is 4. The van der Waals surface area contributed by atoms with E-state index < -0.39 is 0 Å². The molecule has 0 amide bonds. The van der Waals surface area contributed by atoms with Gasteiger partial charge in [0.05, 0.1) is 0 Å². The largest absolute Gasteiger partial charge is 0.467 e. The Morgan fingerprint density at radius 3 is 2.50 bits per heavy atom. The number of carbonyl (C=O) groups excluding carboxylic acids is 1. The average molecular weight is 262 g/mol. The molecule has 0 aliphatic heterocycles. The first kappa shape index (κ1) is 14.2. The first-order valence-electron chi connectivity index (χ1n) is 5.83. The third-order valence-corrected chi connectivity index (χ3v) is 5.98. The summed E-state index contributed by atoms with van der Waals surface area (Å²) in [6.45, 7) is 8.00. The van der Waals surface area contributed by atoms with E-state index in [2.05, 4.69) is 25.5 Å².